The van der Waals surface area contributed by atoms with E-state index in [1.54, 1.807) is 0 Å². The van der Waals surface area contributed by atoms with Crippen LogP contribution in [0.4, 0.5) is 0 Å². The van der Waals surface area contributed by atoms with Gasteiger partial charge in [0, 0.05) is 0 Å². The second kappa shape index (κ2) is 8.08. The van der Waals surface area contributed by atoms with Crippen molar-refractivity contribution in [1.82, 2.24) is 0 Å². The molecule has 0 atom stereocenters. The Balaban J connectivity index is 1.56. The van der Waals surface area contributed by atoms with Crippen LogP contribution in [-0.4, -0.2) is 6.79 Å². The van der Waals surface area contributed by atoms with E-state index in [-0.39, 0.29) is 0 Å². The summed E-state index contributed by atoms with van der Waals surface area (Å²) in [5, 5.41) is 0. The molecule has 0 fully saturated rings. The highest BCUT2D eigenvalue weighted by molar-refractivity contribution is 5.44. The van der Waals surface area contributed by atoms with E-state index in [9.17, 15) is 0 Å². The van der Waals surface area contributed by atoms with Crippen LogP contribution in [0.2, 0.25) is 0 Å². The smallest absolute Gasteiger partial charge is 0.231 e. The molecule has 1 aliphatic heterocycles. The second-order valence-electron chi connectivity index (χ2n) is 5.41. The van der Waals surface area contributed by atoms with Gasteiger partial charge in [-0.15, -0.1) is 0 Å². The van der Waals surface area contributed by atoms with Gasteiger partial charge in [-0.3, -0.25) is 0 Å². The highest BCUT2D eigenvalue weighted by Crippen LogP contribution is 2.32. The summed E-state index contributed by atoms with van der Waals surface area (Å²) in [6.45, 7) is 2.64. The van der Waals surface area contributed by atoms with Crippen molar-refractivity contribution < 1.29 is 9.47 Å². The number of aryl methyl sites for hydroxylation is 1. The van der Waals surface area contributed by atoms with Gasteiger partial charge in [0.2, 0.25) is 6.79 Å². The van der Waals surface area contributed by atoms with Crippen molar-refractivity contribution in [3.63, 3.8) is 0 Å². The molecule has 1 heterocycles. The fourth-order valence-corrected chi connectivity index (χ4v) is 2.56. The van der Waals surface area contributed by atoms with Crippen molar-refractivity contribution in [2.75, 3.05) is 6.79 Å². The summed E-state index contributed by atoms with van der Waals surface area (Å²) in [5.74, 6) is 1.80. The molecule has 0 saturated carbocycles. The Morgan fingerprint density at radius 3 is 2.32 bits per heavy atom. The van der Waals surface area contributed by atoms with Gasteiger partial charge in [-0.2, -0.15) is 0 Å². The van der Waals surface area contributed by atoms with Crippen molar-refractivity contribution in [1.29, 1.82) is 0 Å². The predicted molar refractivity (Wildman–Crippen MR) is 78.9 cm³/mol. The summed E-state index contributed by atoms with van der Waals surface area (Å²) in [4.78, 5) is 0. The second-order valence-corrected chi connectivity index (χ2v) is 5.41. The third-order valence-corrected chi connectivity index (χ3v) is 3.76. The minimum Gasteiger partial charge on any atom is -0.454 e. The maximum atomic E-state index is 5.40. The number of rotatable bonds is 9. The number of ether oxygens (including phenoxy) is 2. The first-order valence-electron chi connectivity index (χ1n) is 7.78. The summed E-state index contributed by atoms with van der Waals surface area (Å²) < 4.78 is 10.7. The zero-order valence-corrected chi connectivity index (χ0v) is 12.1. The van der Waals surface area contributed by atoms with Gasteiger partial charge in [-0.05, 0) is 30.5 Å². The standard InChI is InChI=1S/C17H26O2/c1-2-3-4-5-6-7-8-9-10-15-11-12-16-17(13-15)19-14-18-16/h11-13H,2-10,14H2,1H3. The van der Waals surface area contributed by atoms with E-state index in [2.05, 4.69) is 19.1 Å². The van der Waals surface area contributed by atoms with Crippen LogP contribution < -0.4 is 9.47 Å². The molecule has 0 saturated heterocycles. The maximum absolute atomic E-state index is 5.40. The fourth-order valence-electron chi connectivity index (χ4n) is 2.56. The van der Waals surface area contributed by atoms with Gasteiger partial charge in [0.15, 0.2) is 11.5 Å². The molecule has 0 N–H and O–H groups in total. The summed E-state index contributed by atoms with van der Waals surface area (Å²) in [6.07, 6.45) is 12.1. The van der Waals surface area contributed by atoms with E-state index in [1.807, 2.05) is 6.07 Å². The first-order valence-corrected chi connectivity index (χ1v) is 7.78. The van der Waals surface area contributed by atoms with Gasteiger partial charge in [0.05, 0.1) is 0 Å². The Morgan fingerprint density at radius 1 is 0.842 bits per heavy atom. The van der Waals surface area contributed by atoms with Crippen LogP contribution in [0.15, 0.2) is 18.2 Å². The summed E-state index contributed by atoms with van der Waals surface area (Å²) >= 11 is 0. The number of benzene rings is 1. The fraction of sp³-hybridized carbons (Fsp3) is 0.647. The zero-order chi connectivity index (χ0) is 13.3. The lowest BCUT2D eigenvalue weighted by atomic mass is 10.0. The zero-order valence-electron chi connectivity index (χ0n) is 12.1. The monoisotopic (exact) mass is 262 g/mol. The Labute approximate surface area is 117 Å². The molecule has 0 unspecified atom stereocenters. The van der Waals surface area contributed by atoms with E-state index in [4.69, 9.17) is 9.47 Å². The van der Waals surface area contributed by atoms with Crippen molar-refractivity contribution in [3.05, 3.63) is 23.8 Å². The number of fused-ring (bicyclic) bond motifs is 1. The average Bonchev–Trinajstić information content (AvgIpc) is 2.89. The van der Waals surface area contributed by atoms with Crippen molar-refractivity contribution >= 4 is 0 Å². The lowest BCUT2D eigenvalue weighted by molar-refractivity contribution is 0.174. The Morgan fingerprint density at radius 2 is 1.53 bits per heavy atom. The summed E-state index contributed by atoms with van der Waals surface area (Å²) in [6, 6.07) is 6.32. The quantitative estimate of drug-likeness (QED) is 0.576. The van der Waals surface area contributed by atoms with Crippen LogP contribution in [-0.2, 0) is 6.42 Å². The molecular weight excluding hydrogens is 236 g/mol. The van der Waals surface area contributed by atoms with Gasteiger partial charge < -0.3 is 9.47 Å². The molecule has 1 aromatic rings. The largest absolute Gasteiger partial charge is 0.454 e. The van der Waals surface area contributed by atoms with Crippen LogP contribution >= 0.6 is 0 Å². The van der Waals surface area contributed by atoms with E-state index < -0.39 is 0 Å². The molecule has 1 aliphatic rings. The van der Waals surface area contributed by atoms with E-state index in [0.717, 1.165) is 17.9 Å². The maximum Gasteiger partial charge on any atom is 0.231 e. The van der Waals surface area contributed by atoms with Gasteiger partial charge >= 0.3 is 0 Å². The van der Waals surface area contributed by atoms with Gasteiger partial charge in [0.25, 0.3) is 0 Å². The molecule has 0 spiro atoms. The Kier molecular flexibility index (Phi) is 6.06. The van der Waals surface area contributed by atoms with Crippen LogP contribution in [0.3, 0.4) is 0 Å². The molecule has 19 heavy (non-hydrogen) atoms. The highest BCUT2D eigenvalue weighted by atomic mass is 16.7. The summed E-state index contributed by atoms with van der Waals surface area (Å²) in [7, 11) is 0. The van der Waals surface area contributed by atoms with E-state index in [1.165, 1.54) is 56.9 Å². The number of unbranched alkanes of at least 4 members (excludes halogenated alkanes) is 7. The van der Waals surface area contributed by atoms with E-state index in [0.29, 0.717) is 6.79 Å². The third-order valence-electron chi connectivity index (χ3n) is 3.76. The SMILES string of the molecule is CCCCCCCCCCc1ccc2c(c1)OCO2. The minimum atomic E-state index is 0.372. The molecule has 2 rings (SSSR count). The van der Waals surface area contributed by atoms with Gasteiger partial charge in [-0.1, -0.05) is 57.9 Å². The average molecular weight is 262 g/mol. The number of hydrogen-bond acceptors (Lipinski definition) is 2. The lowest BCUT2D eigenvalue weighted by Gasteiger charge is -2.04. The molecule has 2 heteroatoms. The lowest BCUT2D eigenvalue weighted by Crippen LogP contribution is -1.93. The molecular formula is C17H26O2. The minimum absolute atomic E-state index is 0.372. The van der Waals surface area contributed by atoms with Crippen LogP contribution in [0.5, 0.6) is 11.5 Å². The highest BCUT2D eigenvalue weighted by Gasteiger charge is 2.12. The molecule has 1 aromatic carbocycles. The normalized spacial score (nSPS) is 12.9. The predicted octanol–water partition coefficient (Wildman–Crippen LogP) is 5.10. The van der Waals surface area contributed by atoms with Gasteiger partial charge in [-0.25, -0.2) is 0 Å². The Hall–Kier alpha value is -1.18. The molecule has 2 nitrogen and oxygen atoms in total. The number of hydrogen-bond donors (Lipinski definition) is 0. The Bertz CT molecular complexity index is 374. The molecule has 0 bridgehead atoms. The van der Waals surface area contributed by atoms with Gasteiger partial charge in [0.1, 0.15) is 0 Å². The summed E-state index contributed by atoms with van der Waals surface area (Å²) in [5.41, 5.74) is 1.37. The van der Waals surface area contributed by atoms with Crippen molar-refractivity contribution in [2.45, 2.75) is 64.7 Å². The van der Waals surface area contributed by atoms with Crippen molar-refractivity contribution in [3.8, 4) is 11.5 Å². The molecule has 0 aromatic heterocycles. The molecule has 0 radical (unpaired) electrons. The van der Waals surface area contributed by atoms with Crippen LogP contribution in [0.1, 0.15) is 63.9 Å². The first-order chi connectivity index (χ1) is 9.40. The molecule has 106 valence electrons. The molecule has 0 aliphatic carbocycles. The van der Waals surface area contributed by atoms with E-state index >= 15 is 0 Å². The third kappa shape index (κ3) is 4.77. The van der Waals surface area contributed by atoms with Crippen molar-refractivity contribution in [2.24, 2.45) is 0 Å². The topological polar surface area (TPSA) is 18.5 Å². The van der Waals surface area contributed by atoms with Crippen LogP contribution in [0.25, 0.3) is 0 Å². The van der Waals surface area contributed by atoms with Crippen LogP contribution in [0, 0.1) is 0 Å². The first kappa shape index (κ1) is 14.2. The molecule has 0 amide bonds.